The summed E-state index contributed by atoms with van der Waals surface area (Å²) in [6.45, 7) is 7.92. The molecular formula is C24H37NO5. The summed E-state index contributed by atoms with van der Waals surface area (Å²) in [5.74, 6) is 1.48. The molecule has 0 aromatic heterocycles. The molecule has 6 nitrogen and oxygen atoms in total. The van der Waals surface area contributed by atoms with E-state index in [9.17, 15) is 0 Å². The lowest BCUT2D eigenvalue weighted by Crippen LogP contribution is -2.60. The van der Waals surface area contributed by atoms with Crippen molar-refractivity contribution in [1.82, 2.24) is 0 Å². The molecule has 2 spiro atoms. The molecule has 0 amide bonds. The zero-order chi connectivity index (χ0) is 20.6. The fourth-order valence-electron chi connectivity index (χ4n) is 8.76. The van der Waals surface area contributed by atoms with Gasteiger partial charge in [-0.1, -0.05) is 19.0 Å². The molecule has 2 saturated heterocycles. The normalized spacial score (nSPS) is 49.9. The van der Waals surface area contributed by atoms with Gasteiger partial charge >= 0.3 is 0 Å². The number of rotatable bonds is 1. The van der Waals surface area contributed by atoms with Crippen LogP contribution in [0.3, 0.4) is 0 Å². The lowest BCUT2D eigenvalue weighted by Gasteiger charge is -2.62. The van der Waals surface area contributed by atoms with Crippen LogP contribution in [0.1, 0.15) is 65.2 Å². The second kappa shape index (κ2) is 6.66. The molecule has 4 aliphatic carbocycles. The maximum atomic E-state index is 6.32. The van der Waals surface area contributed by atoms with E-state index < -0.39 is 0 Å². The van der Waals surface area contributed by atoms with Crippen LogP contribution in [0.2, 0.25) is 0 Å². The highest BCUT2D eigenvalue weighted by atomic mass is 16.7. The summed E-state index contributed by atoms with van der Waals surface area (Å²) in [6, 6.07) is 0. The molecule has 6 fully saturated rings. The lowest BCUT2D eigenvalue weighted by atomic mass is 9.44. The molecule has 6 heteroatoms. The topological polar surface area (TPSA) is 58.5 Å². The Morgan fingerprint density at radius 2 is 1.57 bits per heavy atom. The Morgan fingerprint density at radius 3 is 2.30 bits per heavy atom. The van der Waals surface area contributed by atoms with Crippen molar-refractivity contribution in [3.05, 3.63) is 0 Å². The van der Waals surface area contributed by atoms with Crippen LogP contribution in [0.4, 0.5) is 0 Å². The zero-order valence-corrected chi connectivity index (χ0v) is 18.8. The fraction of sp³-hybridized carbons (Fsp3) is 0.958. The van der Waals surface area contributed by atoms with Crippen molar-refractivity contribution in [2.75, 3.05) is 33.5 Å². The third kappa shape index (κ3) is 2.48. The lowest BCUT2D eigenvalue weighted by molar-refractivity contribution is -0.248. The van der Waals surface area contributed by atoms with Gasteiger partial charge in [0.15, 0.2) is 11.6 Å². The average Bonchev–Trinajstić information content (AvgIpc) is 3.45. The predicted octanol–water partition coefficient (Wildman–Crippen LogP) is 4.13. The summed E-state index contributed by atoms with van der Waals surface area (Å²) >= 11 is 0. The van der Waals surface area contributed by atoms with E-state index in [4.69, 9.17) is 23.8 Å². The molecule has 6 atom stereocenters. The van der Waals surface area contributed by atoms with Gasteiger partial charge in [0.05, 0.1) is 32.1 Å². The van der Waals surface area contributed by atoms with Gasteiger partial charge in [0.1, 0.15) is 7.11 Å². The Bertz CT molecular complexity index is 727. The van der Waals surface area contributed by atoms with Gasteiger partial charge in [-0.3, -0.25) is 0 Å². The molecule has 168 valence electrons. The SMILES string of the molecule is CO/N=C1\CC2CC3(CC[C@]2(C)[C@H]2CC[C@@]4(C)[C@@H](CCC45OCCO5)[C@H]12)OCCO3. The van der Waals surface area contributed by atoms with E-state index in [1.54, 1.807) is 7.11 Å². The molecule has 2 heterocycles. The van der Waals surface area contributed by atoms with Crippen molar-refractivity contribution in [2.24, 2.45) is 39.7 Å². The molecule has 0 bridgehead atoms. The molecule has 4 saturated carbocycles. The van der Waals surface area contributed by atoms with Crippen molar-refractivity contribution >= 4 is 5.71 Å². The monoisotopic (exact) mass is 419 g/mol. The standard InChI is InChI=1S/C24H37NO5/c1-21-8-9-23(27-10-11-28-23)15-16(21)14-19(25-26-3)20-17(21)4-6-22(2)18(20)5-7-24(22)29-12-13-30-24/h16-18,20H,4-15H2,1-3H3/b25-19+/t16?,17-,18-,20+,21-,22-/m0/s1. The molecule has 0 N–H and O–H groups in total. The smallest absolute Gasteiger partial charge is 0.174 e. The van der Waals surface area contributed by atoms with E-state index in [1.165, 1.54) is 25.0 Å². The van der Waals surface area contributed by atoms with E-state index in [0.29, 0.717) is 29.1 Å². The minimum Gasteiger partial charge on any atom is -0.399 e. The summed E-state index contributed by atoms with van der Waals surface area (Å²) in [6.07, 6.45) is 8.78. The highest BCUT2D eigenvalue weighted by Gasteiger charge is 2.69. The summed E-state index contributed by atoms with van der Waals surface area (Å²) in [4.78, 5) is 5.42. The van der Waals surface area contributed by atoms with Gasteiger partial charge in [0.2, 0.25) is 0 Å². The summed E-state index contributed by atoms with van der Waals surface area (Å²) in [5, 5.41) is 4.67. The molecule has 0 radical (unpaired) electrons. The molecule has 6 aliphatic rings. The number of ether oxygens (including phenoxy) is 4. The summed E-state index contributed by atoms with van der Waals surface area (Å²) < 4.78 is 24.9. The Balaban J connectivity index is 1.36. The number of oxime groups is 1. The Kier molecular flexibility index (Phi) is 4.43. The zero-order valence-electron chi connectivity index (χ0n) is 18.8. The first-order chi connectivity index (χ1) is 14.5. The number of hydrogen-bond donors (Lipinski definition) is 0. The third-order valence-electron chi connectivity index (χ3n) is 10.3. The molecular weight excluding hydrogens is 382 g/mol. The highest BCUT2D eigenvalue weighted by molar-refractivity contribution is 5.88. The van der Waals surface area contributed by atoms with Gasteiger partial charge in [-0.05, 0) is 55.3 Å². The summed E-state index contributed by atoms with van der Waals surface area (Å²) in [7, 11) is 1.70. The first kappa shape index (κ1) is 20.0. The first-order valence-corrected chi connectivity index (χ1v) is 12.1. The quantitative estimate of drug-likeness (QED) is 0.598. The predicted molar refractivity (Wildman–Crippen MR) is 111 cm³/mol. The second-order valence-corrected chi connectivity index (χ2v) is 11.2. The van der Waals surface area contributed by atoms with Crippen molar-refractivity contribution in [2.45, 2.75) is 76.8 Å². The van der Waals surface area contributed by atoms with Gasteiger partial charge < -0.3 is 23.8 Å². The second-order valence-electron chi connectivity index (χ2n) is 11.2. The number of hydrogen-bond acceptors (Lipinski definition) is 6. The Labute approximate surface area is 180 Å². The van der Waals surface area contributed by atoms with Crippen LogP contribution in [-0.4, -0.2) is 50.8 Å². The van der Waals surface area contributed by atoms with Gasteiger partial charge in [0.25, 0.3) is 0 Å². The van der Waals surface area contributed by atoms with E-state index in [0.717, 1.165) is 58.5 Å². The van der Waals surface area contributed by atoms with Crippen LogP contribution in [0.5, 0.6) is 0 Å². The Hall–Kier alpha value is -0.690. The molecule has 30 heavy (non-hydrogen) atoms. The number of fused-ring (bicyclic) bond motifs is 6. The highest BCUT2D eigenvalue weighted by Crippen LogP contribution is 2.69. The third-order valence-corrected chi connectivity index (χ3v) is 10.3. The molecule has 0 aromatic rings. The molecule has 0 aromatic carbocycles. The van der Waals surface area contributed by atoms with Crippen molar-refractivity contribution in [3.63, 3.8) is 0 Å². The van der Waals surface area contributed by atoms with Gasteiger partial charge in [-0.2, -0.15) is 0 Å². The van der Waals surface area contributed by atoms with Crippen molar-refractivity contribution < 1.29 is 23.8 Å². The maximum absolute atomic E-state index is 6.32. The van der Waals surface area contributed by atoms with Crippen LogP contribution in [0.25, 0.3) is 0 Å². The van der Waals surface area contributed by atoms with E-state index in [1.807, 2.05) is 0 Å². The van der Waals surface area contributed by atoms with Crippen LogP contribution < -0.4 is 0 Å². The Morgan fingerprint density at radius 1 is 0.867 bits per heavy atom. The average molecular weight is 420 g/mol. The van der Waals surface area contributed by atoms with E-state index in [2.05, 4.69) is 19.0 Å². The van der Waals surface area contributed by atoms with Crippen LogP contribution in [-0.2, 0) is 23.8 Å². The van der Waals surface area contributed by atoms with Gasteiger partial charge in [-0.25, -0.2) is 0 Å². The summed E-state index contributed by atoms with van der Waals surface area (Å²) in [5.41, 5.74) is 1.65. The van der Waals surface area contributed by atoms with Gasteiger partial charge in [0, 0.05) is 30.6 Å². The fourth-order valence-corrected chi connectivity index (χ4v) is 8.76. The first-order valence-electron chi connectivity index (χ1n) is 12.1. The minimum atomic E-state index is -0.374. The van der Waals surface area contributed by atoms with Crippen LogP contribution in [0.15, 0.2) is 5.16 Å². The van der Waals surface area contributed by atoms with E-state index in [-0.39, 0.29) is 17.0 Å². The molecule has 6 rings (SSSR count). The number of nitrogens with zero attached hydrogens (tertiary/aromatic N) is 1. The minimum absolute atomic E-state index is 0.0654. The largest absolute Gasteiger partial charge is 0.399 e. The molecule has 1 unspecified atom stereocenters. The molecule has 2 aliphatic heterocycles. The van der Waals surface area contributed by atoms with Crippen molar-refractivity contribution in [1.29, 1.82) is 0 Å². The van der Waals surface area contributed by atoms with Gasteiger partial charge in [-0.15, -0.1) is 0 Å². The van der Waals surface area contributed by atoms with E-state index >= 15 is 0 Å². The van der Waals surface area contributed by atoms with Crippen LogP contribution >= 0.6 is 0 Å². The van der Waals surface area contributed by atoms with Crippen molar-refractivity contribution in [3.8, 4) is 0 Å². The van der Waals surface area contributed by atoms with Crippen LogP contribution in [0, 0.1) is 34.5 Å². The maximum Gasteiger partial charge on any atom is 0.174 e.